The topological polar surface area (TPSA) is 92.3 Å². The Morgan fingerprint density at radius 3 is 1.87 bits per heavy atom. The molecule has 0 saturated heterocycles. The summed E-state index contributed by atoms with van der Waals surface area (Å²) in [6.07, 6.45) is 0. The van der Waals surface area contributed by atoms with Crippen molar-refractivity contribution in [3.8, 4) is 0 Å². The molecule has 0 aliphatic rings. The lowest BCUT2D eigenvalue weighted by Gasteiger charge is -2.11. The zero-order valence-electron chi connectivity index (χ0n) is 12.4. The Hall–Kier alpha value is -1.17. The quantitative estimate of drug-likeness (QED) is 0.662. The van der Waals surface area contributed by atoms with Gasteiger partial charge < -0.3 is 0 Å². The van der Waals surface area contributed by atoms with Gasteiger partial charge in [-0.25, -0.2) is 21.6 Å². The maximum absolute atomic E-state index is 12.4. The molecule has 23 heavy (non-hydrogen) atoms. The number of anilines is 1. The van der Waals surface area contributed by atoms with Crippen LogP contribution in [0.1, 0.15) is 5.56 Å². The molecule has 0 bridgehead atoms. The van der Waals surface area contributed by atoms with Crippen molar-refractivity contribution < 1.29 is 16.8 Å². The van der Waals surface area contributed by atoms with Crippen LogP contribution in [-0.4, -0.2) is 23.9 Å². The smallest absolute Gasteiger partial charge is 0.261 e. The van der Waals surface area contributed by atoms with E-state index in [1.807, 2.05) is 13.0 Å². The third-order valence-electron chi connectivity index (χ3n) is 3.15. The van der Waals surface area contributed by atoms with Crippen molar-refractivity contribution in [1.82, 2.24) is 4.72 Å². The average molecular weight is 466 g/mol. The summed E-state index contributed by atoms with van der Waals surface area (Å²) >= 11 is 2.15. The van der Waals surface area contributed by atoms with Gasteiger partial charge in [-0.15, -0.1) is 0 Å². The summed E-state index contributed by atoms with van der Waals surface area (Å²) in [6.45, 7) is 1.81. The summed E-state index contributed by atoms with van der Waals surface area (Å²) in [5, 5.41) is 0. The average Bonchev–Trinajstić information content (AvgIpc) is 2.50. The molecule has 2 rings (SSSR count). The highest BCUT2D eigenvalue weighted by molar-refractivity contribution is 14.1. The minimum absolute atomic E-state index is 0.00407. The molecule has 2 aromatic carbocycles. The molecule has 9 heteroatoms. The van der Waals surface area contributed by atoms with Gasteiger partial charge in [-0.2, -0.15) is 0 Å². The lowest BCUT2D eigenvalue weighted by Crippen LogP contribution is -2.19. The second-order valence-corrected chi connectivity index (χ2v) is 9.56. The Morgan fingerprint density at radius 2 is 1.39 bits per heavy atom. The minimum Gasteiger partial charge on any atom is -0.279 e. The van der Waals surface area contributed by atoms with E-state index in [1.54, 1.807) is 12.1 Å². The molecule has 0 saturated carbocycles. The Kier molecular flexibility index (Phi) is 5.33. The van der Waals surface area contributed by atoms with Crippen LogP contribution in [0.25, 0.3) is 0 Å². The number of nitrogens with one attached hydrogen (secondary N) is 2. The fourth-order valence-electron chi connectivity index (χ4n) is 1.86. The van der Waals surface area contributed by atoms with Crippen LogP contribution in [0.2, 0.25) is 0 Å². The highest BCUT2D eigenvalue weighted by Crippen LogP contribution is 2.22. The minimum atomic E-state index is -3.79. The van der Waals surface area contributed by atoms with Crippen LogP contribution in [0.4, 0.5) is 5.69 Å². The molecule has 0 aliphatic heterocycles. The van der Waals surface area contributed by atoms with E-state index in [2.05, 4.69) is 32.0 Å². The van der Waals surface area contributed by atoms with Crippen molar-refractivity contribution in [3.05, 3.63) is 51.6 Å². The number of benzene rings is 2. The summed E-state index contributed by atoms with van der Waals surface area (Å²) in [5.41, 5.74) is 1.28. The molecule has 0 fully saturated rings. The fraction of sp³-hybridized carbons (Fsp3) is 0.143. The van der Waals surface area contributed by atoms with Gasteiger partial charge in [0.15, 0.2) is 0 Å². The first-order valence-corrected chi connectivity index (χ1v) is 10.5. The lowest BCUT2D eigenvalue weighted by atomic mass is 10.2. The van der Waals surface area contributed by atoms with Gasteiger partial charge >= 0.3 is 0 Å². The summed E-state index contributed by atoms with van der Waals surface area (Å²) in [6, 6.07) is 10.4. The molecule has 0 aliphatic carbocycles. The molecule has 0 aromatic heterocycles. The molecule has 0 unspecified atom stereocenters. The first-order valence-electron chi connectivity index (χ1n) is 6.48. The summed E-state index contributed by atoms with van der Waals surface area (Å²) in [7, 11) is -6.09. The van der Waals surface area contributed by atoms with Gasteiger partial charge in [0.05, 0.1) is 15.5 Å². The van der Waals surface area contributed by atoms with E-state index in [1.165, 1.54) is 31.3 Å². The van der Waals surface area contributed by atoms with Crippen LogP contribution in [-0.2, 0) is 20.0 Å². The number of halogens is 1. The van der Waals surface area contributed by atoms with E-state index < -0.39 is 20.0 Å². The molecule has 6 nitrogen and oxygen atoms in total. The Balaban J connectivity index is 2.33. The van der Waals surface area contributed by atoms with E-state index >= 15 is 0 Å². The van der Waals surface area contributed by atoms with E-state index in [9.17, 15) is 16.8 Å². The van der Waals surface area contributed by atoms with Gasteiger partial charge in [-0.3, -0.25) is 4.72 Å². The lowest BCUT2D eigenvalue weighted by molar-refractivity contribution is 0.587. The van der Waals surface area contributed by atoms with Crippen LogP contribution >= 0.6 is 22.6 Å². The molecule has 124 valence electrons. The maximum Gasteiger partial charge on any atom is 0.261 e. The van der Waals surface area contributed by atoms with Gasteiger partial charge in [0.1, 0.15) is 0 Å². The van der Waals surface area contributed by atoms with Crippen LogP contribution in [0, 0.1) is 10.5 Å². The van der Waals surface area contributed by atoms with Gasteiger partial charge in [0.25, 0.3) is 10.0 Å². The number of rotatable bonds is 5. The highest BCUT2D eigenvalue weighted by Gasteiger charge is 2.17. The largest absolute Gasteiger partial charge is 0.279 e. The number of hydrogen-bond donors (Lipinski definition) is 2. The van der Waals surface area contributed by atoms with Crippen molar-refractivity contribution in [1.29, 1.82) is 0 Å². The second-order valence-electron chi connectivity index (χ2n) is 4.74. The molecule has 0 atom stereocenters. The number of aryl methyl sites for hydroxylation is 1. The number of sulfonamides is 2. The Bertz CT molecular complexity index is 924. The van der Waals surface area contributed by atoms with Crippen LogP contribution in [0.5, 0.6) is 0 Å². The van der Waals surface area contributed by atoms with E-state index in [0.717, 1.165) is 9.13 Å². The molecule has 2 aromatic rings. The van der Waals surface area contributed by atoms with E-state index in [0.29, 0.717) is 5.69 Å². The van der Waals surface area contributed by atoms with Gasteiger partial charge in [0, 0.05) is 3.57 Å². The van der Waals surface area contributed by atoms with Crippen molar-refractivity contribution >= 4 is 48.3 Å². The predicted octanol–water partition coefficient (Wildman–Crippen LogP) is 2.31. The SMILES string of the molecule is CNS(=O)(=O)c1ccc(S(=O)(=O)Nc2ccc(I)cc2C)cc1. The van der Waals surface area contributed by atoms with Crippen molar-refractivity contribution in [2.75, 3.05) is 11.8 Å². The third kappa shape index (κ3) is 4.22. The van der Waals surface area contributed by atoms with Gasteiger partial charge in [-0.05, 0) is 84.6 Å². The molecule has 0 spiro atoms. The van der Waals surface area contributed by atoms with Crippen LogP contribution < -0.4 is 9.44 Å². The Labute approximate surface area is 149 Å². The molecule has 0 heterocycles. The first-order chi connectivity index (χ1) is 10.7. The molecular formula is C14H15IN2O4S2. The monoisotopic (exact) mass is 466 g/mol. The molecule has 0 amide bonds. The first kappa shape index (κ1) is 18.2. The fourth-order valence-corrected chi connectivity index (χ4v) is 4.37. The summed E-state index contributed by atoms with van der Waals surface area (Å²) in [5.74, 6) is 0. The van der Waals surface area contributed by atoms with Crippen molar-refractivity contribution in [2.24, 2.45) is 0 Å². The van der Waals surface area contributed by atoms with Crippen LogP contribution in [0.15, 0.2) is 52.3 Å². The number of hydrogen-bond acceptors (Lipinski definition) is 4. The Morgan fingerprint density at radius 1 is 0.870 bits per heavy atom. The summed E-state index contributed by atoms with van der Waals surface area (Å²) < 4.78 is 53.8. The molecule has 2 N–H and O–H groups in total. The van der Waals surface area contributed by atoms with Crippen LogP contribution in [0.3, 0.4) is 0 Å². The zero-order chi connectivity index (χ0) is 17.3. The van der Waals surface area contributed by atoms with Crippen molar-refractivity contribution in [2.45, 2.75) is 16.7 Å². The predicted molar refractivity (Wildman–Crippen MR) is 97.4 cm³/mol. The van der Waals surface area contributed by atoms with E-state index in [-0.39, 0.29) is 9.79 Å². The molecular weight excluding hydrogens is 451 g/mol. The molecule has 0 radical (unpaired) electrons. The standard InChI is InChI=1S/C14H15IN2O4S2/c1-10-9-11(15)3-8-14(10)17-23(20,21)13-6-4-12(5-7-13)22(18,19)16-2/h3-9,16-17H,1-2H3. The highest BCUT2D eigenvalue weighted by atomic mass is 127. The maximum atomic E-state index is 12.4. The second kappa shape index (κ2) is 6.75. The van der Waals surface area contributed by atoms with Crippen molar-refractivity contribution in [3.63, 3.8) is 0 Å². The van der Waals surface area contributed by atoms with Gasteiger partial charge in [0.2, 0.25) is 10.0 Å². The summed E-state index contributed by atoms with van der Waals surface area (Å²) in [4.78, 5) is -0.00472. The normalized spacial score (nSPS) is 12.1. The third-order valence-corrected chi connectivity index (χ3v) is 6.63. The van der Waals surface area contributed by atoms with Gasteiger partial charge in [-0.1, -0.05) is 0 Å². The van der Waals surface area contributed by atoms with E-state index in [4.69, 9.17) is 0 Å². The zero-order valence-corrected chi connectivity index (χ0v) is 16.2.